The molecule has 7 nitrogen and oxygen atoms in total. The van der Waals surface area contributed by atoms with Gasteiger partial charge in [0, 0.05) is 13.6 Å². The number of carbonyl (C=O) groups is 2. The van der Waals surface area contributed by atoms with Gasteiger partial charge < -0.3 is 5.32 Å². The Balaban J connectivity index is 2.09. The zero-order valence-corrected chi connectivity index (χ0v) is 11.4. The number of nitrogens with two attached hydrogens (primary N) is 1. The molecule has 2 heterocycles. The van der Waals surface area contributed by atoms with Crippen molar-refractivity contribution in [3.63, 3.8) is 0 Å². The highest BCUT2D eigenvalue weighted by atomic mass is 16.2. The zero-order valence-electron chi connectivity index (χ0n) is 11.4. The first-order valence-electron chi connectivity index (χ1n) is 6.58. The highest BCUT2D eigenvalue weighted by molar-refractivity contribution is 5.91. The third kappa shape index (κ3) is 3.12. The van der Waals surface area contributed by atoms with Crippen LogP contribution < -0.4 is 16.6 Å². The fraction of sp³-hybridized carbons (Fsp3) is 0.462. The fourth-order valence-electron chi connectivity index (χ4n) is 2.46. The van der Waals surface area contributed by atoms with E-state index in [9.17, 15) is 9.59 Å². The lowest BCUT2D eigenvalue weighted by Crippen LogP contribution is -2.41. The van der Waals surface area contributed by atoms with Gasteiger partial charge >= 0.3 is 0 Å². The molecule has 1 aromatic rings. The van der Waals surface area contributed by atoms with Crippen molar-refractivity contribution < 1.29 is 9.59 Å². The van der Waals surface area contributed by atoms with Gasteiger partial charge in [0.15, 0.2) is 0 Å². The predicted octanol–water partition coefficient (Wildman–Crippen LogP) is -0.604. The Labute approximate surface area is 117 Å². The van der Waals surface area contributed by atoms with E-state index >= 15 is 0 Å². The minimum Gasteiger partial charge on any atom is -0.358 e. The van der Waals surface area contributed by atoms with Gasteiger partial charge in [0.1, 0.15) is 5.69 Å². The van der Waals surface area contributed by atoms with E-state index in [1.165, 1.54) is 0 Å². The zero-order chi connectivity index (χ0) is 14.5. The van der Waals surface area contributed by atoms with Gasteiger partial charge in [-0.3, -0.25) is 19.9 Å². The number of hydrogen-bond acceptors (Lipinski definition) is 5. The average Bonchev–Trinajstić information content (AvgIpc) is 2.94. The van der Waals surface area contributed by atoms with Crippen molar-refractivity contribution in [3.05, 3.63) is 29.6 Å². The van der Waals surface area contributed by atoms with Gasteiger partial charge in [-0.05, 0) is 31.5 Å². The largest absolute Gasteiger partial charge is 0.358 e. The molecule has 20 heavy (non-hydrogen) atoms. The quantitative estimate of drug-likeness (QED) is 0.387. The summed E-state index contributed by atoms with van der Waals surface area (Å²) in [5.74, 6) is 4.70. The van der Waals surface area contributed by atoms with Crippen molar-refractivity contribution in [2.75, 3.05) is 13.6 Å². The van der Waals surface area contributed by atoms with Gasteiger partial charge in [-0.1, -0.05) is 6.07 Å². The maximum atomic E-state index is 11.8. The van der Waals surface area contributed by atoms with Crippen LogP contribution >= 0.6 is 0 Å². The van der Waals surface area contributed by atoms with Crippen molar-refractivity contribution >= 4 is 11.8 Å². The van der Waals surface area contributed by atoms with E-state index < -0.39 is 5.91 Å². The van der Waals surface area contributed by atoms with Crippen LogP contribution in [0.25, 0.3) is 0 Å². The van der Waals surface area contributed by atoms with Gasteiger partial charge in [-0.2, -0.15) is 0 Å². The first-order chi connectivity index (χ1) is 9.65. The van der Waals surface area contributed by atoms with E-state index in [0.29, 0.717) is 6.54 Å². The number of hydrogen-bond donors (Lipinski definition) is 3. The Morgan fingerprint density at radius 3 is 3.00 bits per heavy atom. The van der Waals surface area contributed by atoms with Crippen LogP contribution in [0.15, 0.2) is 18.2 Å². The van der Waals surface area contributed by atoms with Crippen LogP contribution in [0.4, 0.5) is 0 Å². The molecule has 1 aromatic heterocycles. The predicted molar refractivity (Wildman–Crippen MR) is 73.4 cm³/mol. The molecule has 2 amide bonds. The van der Waals surface area contributed by atoms with Crippen molar-refractivity contribution in [1.29, 1.82) is 0 Å². The Morgan fingerprint density at radius 1 is 1.50 bits per heavy atom. The molecule has 1 aliphatic rings. The Hall–Kier alpha value is -1.99. The molecular formula is C13H19N5O2. The van der Waals surface area contributed by atoms with E-state index in [1.54, 1.807) is 19.2 Å². The fourth-order valence-corrected chi connectivity index (χ4v) is 2.46. The first kappa shape index (κ1) is 14.4. The molecule has 108 valence electrons. The molecule has 0 spiro atoms. The number of likely N-dealkylation sites (tertiary alicyclic amines) is 1. The summed E-state index contributed by atoms with van der Waals surface area (Å²) in [5, 5.41) is 2.68. The summed E-state index contributed by atoms with van der Waals surface area (Å²) < 4.78 is 0. The molecule has 1 unspecified atom stereocenters. The van der Waals surface area contributed by atoms with E-state index in [4.69, 9.17) is 5.84 Å². The van der Waals surface area contributed by atoms with Crippen LogP contribution in [-0.2, 0) is 11.3 Å². The van der Waals surface area contributed by atoms with Gasteiger partial charge in [0.25, 0.3) is 5.91 Å². The van der Waals surface area contributed by atoms with E-state index in [-0.39, 0.29) is 17.6 Å². The minimum absolute atomic E-state index is 0.0263. The molecule has 0 saturated carbocycles. The van der Waals surface area contributed by atoms with Crippen molar-refractivity contribution in [3.8, 4) is 0 Å². The van der Waals surface area contributed by atoms with Crippen LogP contribution in [0.5, 0.6) is 0 Å². The number of hydrazine groups is 1. The summed E-state index contributed by atoms with van der Waals surface area (Å²) in [6, 6.07) is 5.09. The second-order valence-corrected chi connectivity index (χ2v) is 4.73. The second kappa shape index (κ2) is 6.44. The number of aromatic nitrogens is 1. The Bertz CT molecular complexity index is 505. The summed E-state index contributed by atoms with van der Waals surface area (Å²) in [7, 11) is 1.64. The highest BCUT2D eigenvalue weighted by Crippen LogP contribution is 2.19. The molecule has 4 N–H and O–H groups in total. The van der Waals surface area contributed by atoms with E-state index in [1.807, 2.05) is 6.07 Å². The third-order valence-electron chi connectivity index (χ3n) is 3.45. The molecule has 0 bridgehead atoms. The summed E-state index contributed by atoms with van der Waals surface area (Å²) in [5.41, 5.74) is 3.09. The SMILES string of the molecule is CNC(=O)C1CCCN1Cc1cccc(C(=O)NN)n1. The summed E-state index contributed by atoms with van der Waals surface area (Å²) in [6.45, 7) is 1.40. The second-order valence-electron chi connectivity index (χ2n) is 4.73. The van der Waals surface area contributed by atoms with Crippen LogP contribution in [0.3, 0.4) is 0 Å². The highest BCUT2D eigenvalue weighted by Gasteiger charge is 2.30. The van der Waals surface area contributed by atoms with Gasteiger partial charge in [0.2, 0.25) is 5.91 Å². The monoisotopic (exact) mass is 277 g/mol. The van der Waals surface area contributed by atoms with Gasteiger partial charge in [-0.25, -0.2) is 10.8 Å². The van der Waals surface area contributed by atoms with Crippen molar-refractivity contribution in [1.82, 2.24) is 20.6 Å². The molecule has 1 atom stereocenters. The molecule has 1 saturated heterocycles. The number of carbonyl (C=O) groups excluding carboxylic acids is 2. The van der Waals surface area contributed by atoms with Crippen LogP contribution in [0.2, 0.25) is 0 Å². The maximum Gasteiger partial charge on any atom is 0.283 e. The van der Waals surface area contributed by atoms with Gasteiger partial charge in [-0.15, -0.1) is 0 Å². The number of rotatable bonds is 4. The third-order valence-corrected chi connectivity index (χ3v) is 3.45. The molecule has 2 rings (SSSR count). The lowest BCUT2D eigenvalue weighted by atomic mass is 10.2. The number of likely N-dealkylation sites (N-methyl/N-ethyl adjacent to an activating group) is 1. The number of nitrogens with one attached hydrogen (secondary N) is 2. The molecule has 0 aliphatic carbocycles. The average molecular weight is 277 g/mol. The Morgan fingerprint density at radius 2 is 2.30 bits per heavy atom. The molecule has 0 radical (unpaired) electrons. The van der Waals surface area contributed by atoms with Crippen LogP contribution in [0, 0.1) is 0 Å². The summed E-state index contributed by atoms with van der Waals surface area (Å²) in [6.07, 6.45) is 1.84. The van der Waals surface area contributed by atoms with E-state index in [0.717, 1.165) is 25.1 Å². The van der Waals surface area contributed by atoms with Crippen LogP contribution in [0.1, 0.15) is 29.0 Å². The molecule has 0 aromatic carbocycles. The van der Waals surface area contributed by atoms with E-state index in [2.05, 4.69) is 20.6 Å². The normalized spacial score (nSPS) is 18.8. The lowest BCUT2D eigenvalue weighted by Gasteiger charge is -2.22. The van der Waals surface area contributed by atoms with Crippen molar-refractivity contribution in [2.45, 2.75) is 25.4 Å². The van der Waals surface area contributed by atoms with Crippen LogP contribution in [-0.4, -0.2) is 41.3 Å². The first-order valence-corrected chi connectivity index (χ1v) is 6.58. The number of amides is 2. The summed E-state index contributed by atoms with van der Waals surface area (Å²) in [4.78, 5) is 29.6. The molecular weight excluding hydrogens is 258 g/mol. The smallest absolute Gasteiger partial charge is 0.283 e. The number of nitrogen functional groups attached to an aromatic ring is 1. The van der Waals surface area contributed by atoms with Crippen molar-refractivity contribution in [2.24, 2.45) is 5.84 Å². The molecule has 1 fully saturated rings. The number of pyridine rings is 1. The maximum absolute atomic E-state index is 11.8. The topological polar surface area (TPSA) is 100 Å². The molecule has 1 aliphatic heterocycles. The Kier molecular flexibility index (Phi) is 4.65. The molecule has 7 heteroatoms. The summed E-state index contributed by atoms with van der Waals surface area (Å²) >= 11 is 0. The standard InChI is InChI=1S/C13H19N5O2/c1-15-13(20)11-6-3-7-18(11)8-9-4-2-5-10(16-9)12(19)17-14/h2,4-5,11H,3,6-8,14H2,1H3,(H,15,20)(H,17,19). The van der Waals surface area contributed by atoms with Gasteiger partial charge in [0.05, 0.1) is 11.7 Å². The lowest BCUT2D eigenvalue weighted by molar-refractivity contribution is -0.125. The number of nitrogens with zero attached hydrogens (tertiary/aromatic N) is 2. The minimum atomic E-state index is -0.420.